The van der Waals surface area contributed by atoms with Crippen LogP contribution < -0.4 is 20.8 Å². The summed E-state index contributed by atoms with van der Waals surface area (Å²) in [5, 5.41) is 13.9. The number of nitrogens with one attached hydrogen (secondary N) is 1. The highest BCUT2D eigenvalue weighted by Gasteiger charge is 2.18. The van der Waals surface area contributed by atoms with Crippen molar-refractivity contribution < 1.29 is 23.8 Å². The van der Waals surface area contributed by atoms with Crippen LogP contribution >= 0.6 is 0 Å². The molecule has 0 aliphatic heterocycles. The van der Waals surface area contributed by atoms with Gasteiger partial charge in [-0.1, -0.05) is 26.2 Å². The van der Waals surface area contributed by atoms with E-state index < -0.39 is 24.0 Å². The van der Waals surface area contributed by atoms with Gasteiger partial charge in [0.2, 0.25) is 0 Å². The lowest BCUT2D eigenvalue weighted by Crippen LogP contribution is -2.49. The van der Waals surface area contributed by atoms with E-state index in [4.69, 9.17) is 9.15 Å². The number of aliphatic carboxylic acids is 1. The standard InChI is InChI=1S/C22H29NO6/c1-5-6-7-8-9-18-13(2)17-11-10-16(12-19(17)29-22(18)27)28-15(4)20(24)23-14(3)21(25)26/h10-12,14-15H,5-9H2,1-4H3,(H,23,24)(H,25,26)/p-1/t14-,15+/m0/s1. The number of hydrogen-bond acceptors (Lipinski definition) is 6. The van der Waals surface area contributed by atoms with Crippen LogP contribution in [-0.4, -0.2) is 24.0 Å². The molecule has 0 aliphatic carbocycles. The van der Waals surface area contributed by atoms with Crippen molar-refractivity contribution >= 4 is 22.8 Å². The number of carbonyl (C=O) groups excluding carboxylic acids is 2. The topological polar surface area (TPSA) is 109 Å². The summed E-state index contributed by atoms with van der Waals surface area (Å²) in [6.07, 6.45) is 4.07. The lowest BCUT2D eigenvalue weighted by molar-refractivity contribution is -0.307. The molecule has 2 aromatic rings. The third-order valence-electron chi connectivity index (χ3n) is 4.93. The Labute approximate surface area is 170 Å². The number of carbonyl (C=O) groups is 2. The van der Waals surface area contributed by atoms with E-state index in [1.165, 1.54) is 13.8 Å². The Morgan fingerprint density at radius 1 is 1.21 bits per heavy atom. The van der Waals surface area contributed by atoms with Crippen molar-refractivity contribution in [2.24, 2.45) is 0 Å². The molecule has 1 amide bonds. The van der Waals surface area contributed by atoms with Crippen LogP contribution in [0.4, 0.5) is 0 Å². The van der Waals surface area contributed by atoms with Crippen LogP contribution in [0.2, 0.25) is 0 Å². The fourth-order valence-corrected chi connectivity index (χ4v) is 3.11. The van der Waals surface area contributed by atoms with E-state index >= 15 is 0 Å². The molecular formula is C22H28NO6-. The Hall–Kier alpha value is -2.83. The SMILES string of the molecule is CCCCCCc1c(C)c2ccc(O[C@H](C)C(=O)N[C@@H](C)C(=O)[O-])cc2oc1=O. The molecule has 2 rings (SSSR count). The van der Waals surface area contributed by atoms with Crippen LogP contribution in [0.1, 0.15) is 57.6 Å². The highest BCUT2D eigenvalue weighted by molar-refractivity contribution is 5.86. The molecule has 1 aromatic heterocycles. The number of amides is 1. The third kappa shape index (κ3) is 5.82. The summed E-state index contributed by atoms with van der Waals surface area (Å²) in [5.74, 6) is -1.61. The number of hydrogen-bond donors (Lipinski definition) is 1. The van der Waals surface area contributed by atoms with E-state index in [2.05, 4.69) is 12.2 Å². The van der Waals surface area contributed by atoms with Crippen LogP contribution in [0.5, 0.6) is 5.75 Å². The minimum Gasteiger partial charge on any atom is -0.548 e. The third-order valence-corrected chi connectivity index (χ3v) is 4.93. The largest absolute Gasteiger partial charge is 0.548 e. The number of carboxylic acids is 1. The highest BCUT2D eigenvalue weighted by atomic mass is 16.5. The summed E-state index contributed by atoms with van der Waals surface area (Å²) in [6, 6.07) is 3.94. The second kappa shape index (κ2) is 10.1. The summed E-state index contributed by atoms with van der Waals surface area (Å²) < 4.78 is 11.1. The Kier molecular flexibility index (Phi) is 7.82. The number of aryl methyl sites for hydroxylation is 1. The minimum atomic E-state index is -1.38. The van der Waals surface area contributed by atoms with Gasteiger partial charge < -0.3 is 24.4 Å². The van der Waals surface area contributed by atoms with E-state index in [1.54, 1.807) is 18.2 Å². The second-order valence-corrected chi connectivity index (χ2v) is 7.27. The maximum absolute atomic E-state index is 12.4. The van der Waals surface area contributed by atoms with Gasteiger partial charge in [0, 0.05) is 17.0 Å². The first-order chi connectivity index (χ1) is 13.7. The Bertz CT molecular complexity index is 933. The number of benzene rings is 1. The summed E-state index contributed by atoms with van der Waals surface area (Å²) >= 11 is 0. The molecule has 158 valence electrons. The molecule has 0 aliphatic rings. The van der Waals surface area contributed by atoms with E-state index in [0.29, 0.717) is 23.3 Å². The highest BCUT2D eigenvalue weighted by Crippen LogP contribution is 2.25. The van der Waals surface area contributed by atoms with Gasteiger partial charge >= 0.3 is 5.63 Å². The van der Waals surface area contributed by atoms with Crippen LogP contribution in [0.25, 0.3) is 11.0 Å². The average Bonchev–Trinajstić information content (AvgIpc) is 2.66. The number of carboxylic acid groups (broad SMARTS) is 1. The summed E-state index contributed by atoms with van der Waals surface area (Å²) in [7, 11) is 0. The zero-order chi connectivity index (χ0) is 21.6. The number of fused-ring (bicyclic) bond motifs is 1. The maximum atomic E-state index is 12.4. The van der Waals surface area contributed by atoms with Gasteiger partial charge in [-0.15, -0.1) is 0 Å². The van der Waals surface area contributed by atoms with Crippen molar-refractivity contribution in [3.8, 4) is 5.75 Å². The van der Waals surface area contributed by atoms with Crippen molar-refractivity contribution in [1.82, 2.24) is 5.32 Å². The molecule has 0 spiro atoms. The molecule has 0 radical (unpaired) electrons. The molecule has 7 nitrogen and oxygen atoms in total. The fourth-order valence-electron chi connectivity index (χ4n) is 3.11. The average molecular weight is 402 g/mol. The van der Waals surface area contributed by atoms with E-state index in [9.17, 15) is 19.5 Å². The molecule has 1 N–H and O–H groups in total. The Morgan fingerprint density at radius 2 is 1.93 bits per heavy atom. The van der Waals surface area contributed by atoms with Crippen molar-refractivity contribution in [3.05, 3.63) is 39.7 Å². The van der Waals surface area contributed by atoms with Gasteiger partial charge in [-0.25, -0.2) is 4.79 Å². The monoisotopic (exact) mass is 402 g/mol. The normalized spacial score (nSPS) is 13.1. The van der Waals surface area contributed by atoms with Gasteiger partial charge in [0.25, 0.3) is 5.91 Å². The molecule has 0 bridgehead atoms. The van der Waals surface area contributed by atoms with Gasteiger partial charge in [-0.3, -0.25) is 4.79 Å². The zero-order valence-corrected chi connectivity index (χ0v) is 17.4. The quantitative estimate of drug-likeness (QED) is 0.482. The zero-order valence-electron chi connectivity index (χ0n) is 17.4. The molecule has 1 heterocycles. The first kappa shape index (κ1) is 22.5. The van der Waals surface area contributed by atoms with Crippen LogP contribution in [0.3, 0.4) is 0 Å². The van der Waals surface area contributed by atoms with Crippen LogP contribution in [-0.2, 0) is 16.0 Å². The first-order valence-electron chi connectivity index (χ1n) is 9.98. The van der Waals surface area contributed by atoms with Gasteiger partial charge in [0.15, 0.2) is 6.10 Å². The summed E-state index contributed by atoms with van der Waals surface area (Å²) in [6.45, 7) is 6.87. The summed E-state index contributed by atoms with van der Waals surface area (Å²) in [4.78, 5) is 35.2. The number of unbranched alkanes of at least 4 members (excludes halogenated alkanes) is 3. The fraction of sp³-hybridized carbons (Fsp3) is 0.500. The minimum absolute atomic E-state index is 0.347. The smallest absolute Gasteiger partial charge is 0.339 e. The van der Waals surface area contributed by atoms with Gasteiger partial charge in [-0.2, -0.15) is 0 Å². The Morgan fingerprint density at radius 3 is 2.59 bits per heavy atom. The maximum Gasteiger partial charge on any atom is 0.339 e. The molecule has 0 unspecified atom stereocenters. The molecule has 0 fully saturated rings. The van der Waals surface area contributed by atoms with Crippen molar-refractivity contribution in [2.45, 2.75) is 71.9 Å². The van der Waals surface area contributed by atoms with Crippen molar-refractivity contribution in [3.63, 3.8) is 0 Å². The molecule has 2 atom stereocenters. The first-order valence-corrected chi connectivity index (χ1v) is 9.98. The van der Waals surface area contributed by atoms with Gasteiger partial charge in [0.1, 0.15) is 11.3 Å². The lowest BCUT2D eigenvalue weighted by Gasteiger charge is -2.19. The van der Waals surface area contributed by atoms with Gasteiger partial charge in [0.05, 0.1) is 12.0 Å². The molecule has 29 heavy (non-hydrogen) atoms. The Balaban J connectivity index is 2.16. The van der Waals surface area contributed by atoms with E-state index in [0.717, 1.165) is 36.6 Å². The lowest BCUT2D eigenvalue weighted by atomic mass is 10.0. The van der Waals surface area contributed by atoms with E-state index in [-0.39, 0.29) is 5.63 Å². The summed E-state index contributed by atoms with van der Waals surface area (Å²) in [5.41, 5.74) is 1.63. The second-order valence-electron chi connectivity index (χ2n) is 7.27. The van der Waals surface area contributed by atoms with Crippen LogP contribution in [0, 0.1) is 6.92 Å². The number of rotatable bonds is 10. The van der Waals surface area contributed by atoms with E-state index in [1.807, 2.05) is 6.92 Å². The van der Waals surface area contributed by atoms with Crippen LogP contribution in [0.15, 0.2) is 27.4 Å². The van der Waals surface area contributed by atoms with Crippen molar-refractivity contribution in [2.75, 3.05) is 0 Å². The van der Waals surface area contributed by atoms with Gasteiger partial charge in [-0.05, 0) is 51.3 Å². The molecule has 0 saturated carbocycles. The molecule has 7 heteroatoms. The predicted octanol–water partition coefficient (Wildman–Crippen LogP) is 2.25. The molecular weight excluding hydrogens is 374 g/mol. The molecule has 1 aromatic carbocycles. The number of ether oxygens (including phenoxy) is 1. The predicted molar refractivity (Wildman–Crippen MR) is 108 cm³/mol. The molecule has 0 saturated heterocycles. The van der Waals surface area contributed by atoms with Crippen molar-refractivity contribution in [1.29, 1.82) is 0 Å².